The Hall–Kier alpha value is -2.75. The first-order chi connectivity index (χ1) is 16.4. The van der Waals surface area contributed by atoms with E-state index >= 15 is 0 Å². The normalized spacial score (nSPS) is 17.1. The lowest BCUT2D eigenvalue weighted by molar-refractivity contribution is -0.123. The molecule has 0 unspecified atom stereocenters. The van der Waals surface area contributed by atoms with Gasteiger partial charge in [-0.2, -0.15) is 0 Å². The van der Waals surface area contributed by atoms with E-state index in [2.05, 4.69) is 15.0 Å². The summed E-state index contributed by atoms with van der Waals surface area (Å²) in [5.41, 5.74) is 2.45. The van der Waals surface area contributed by atoms with Crippen LogP contribution in [0.5, 0.6) is 0 Å². The number of benzene rings is 2. The Bertz CT molecular complexity index is 1120. The Labute approximate surface area is 201 Å². The smallest absolute Gasteiger partial charge is 0.263 e. The van der Waals surface area contributed by atoms with Crippen LogP contribution in [0.4, 0.5) is 0 Å². The molecule has 9 heteroatoms. The number of hydrogen-bond donors (Lipinski definition) is 2. The van der Waals surface area contributed by atoms with Crippen LogP contribution in [-0.2, 0) is 37.4 Å². The lowest BCUT2D eigenvalue weighted by atomic mass is 9.98. The number of amides is 1. The molecule has 2 atom stereocenters. The molecule has 0 saturated heterocycles. The zero-order chi connectivity index (χ0) is 24.6. The van der Waals surface area contributed by atoms with E-state index in [0.29, 0.717) is 38.5 Å². The number of carbonyl (C=O) groups excluding carboxylic acids is 1. The molecule has 2 aromatic carbocycles. The van der Waals surface area contributed by atoms with Crippen LogP contribution in [0.25, 0.3) is 0 Å². The maximum atomic E-state index is 13.1. The molecule has 0 saturated carbocycles. The van der Waals surface area contributed by atoms with Crippen molar-refractivity contribution in [2.75, 3.05) is 19.8 Å². The van der Waals surface area contributed by atoms with Crippen LogP contribution < -0.4 is 10.0 Å². The van der Waals surface area contributed by atoms with Gasteiger partial charge in [-0.3, -0.25) is 14.5 Å². The van der Waals surface area contributed by atoms with Crippen LogP contribution in [0.2, 0.25) is 0 Å². The monoisotopic (exact) mass is 487 g/mol. The predicted molar refractivity (Wildman–Crippen MR) is 131 cm³/mol. The highest BCUT2D eigenvalue weighted by Crippen LogP contribution is 2.24. The van der Waals surface area contributed by atoms with Gasteiger partial charge >= 0.3 is 0 Å². The topological polar surface area (TPSA) is 106 Å². The minimum Gasteiger partial charge on any atom is -0.379 e. The number of carbonyl (C=O) groups is 1. The number of sulfonamides is 1. The predicted octanol–water partition coefficient (Wildman–Crippen LogP) is 3.01. The maximum Gasteiger partial charge on any atom is 0.263 e. The molecule has 8 nitrogen and oxygen atoms in total. The third-order valence-electron chi connectivity index (χ3n) is 5.69. The fraction of sp³-hybridized carbons (Fsp3) is 0.440. The zero-order valence-corrected chi connectivity index (χ0v) is 20.7. The summed E-state index contributed by atoms with van der Waals surface area (Å²) in [6, 6.07) is 13.8. The van der Waals surface area contributed by atoms with Gasteiger partial charge in [-0.25, -0.2) is 8.42 Å². The summed E-state index contributed by atoms with van der Waals surface area (Å²) in [4.78, 5) is 17.8. The van der Waals surface area contributed by atoms with Crippen molar-refractivity contribution in [3.63, 3.8) is 0 Å². The van der Waals surface area contributed by atoms with Gasteiger partial charge in [0, 0.05) is 18.7 Å². The van der Waals surface area contributed by atoms with Crippen molar-refractivity contribution in [1.29, 1.82) is 0 Å². The number of rotatable bonds is 12. The van der Waals surface area contributed by atoms with E-state index < -0.39 is 16.1 Å². The number of aliphatic imine (C=N–C) groups is 1. The van der Waals surface area contributed by atoms with Crippen molar-refractivity contribution in [2.45, 2.75) is 51.3 Å². The molecule has 0 radical (unpaired) electrons. The van der Waals surface area contributed by atoms with Crippen molar-refractivity contribution >= 4 is 21.8 Å². The summed E-state index contributed by atoms with van der Waals surface area (Å²) < 4.78 is 38.2. The molecule has 0 aromatic heterocycles. The highest BCUT2D eigenvalue weighted by Gasteiger charge is 2.33. The van der Waals surface area contributed by atoms with E-state index in [4.69, 9.17) is 9.47 Å². The summed E-state index contributed by atoms with van der Waals surface area (Å²) in [6.45, 7) is 8.42. The van der Waals surface area contributed by atoms with E-state index in [9.17, 15) is 13.2 Å². The van der Waals surface area contributed by atoms with Gasteiger partial charge < -0.3 is 14.8 Å². The van der Waals surface area contributed by atoms with Crippen LogP contribution in [0.1, 0.15) is 43.9 Å². The quantitative estimate of drug-likeness (QED) is 0.448. The van der Waals surface area contributed by atoms with Crippen LogP contribution in [-0.4, -0.2) is 46.0 Å². The minimum absolute atomic E-state index is 0.0742. The molecular weight excluding hydrogens is 454 g/mol. The first kappa shape index (κ1) is 25.9. The Morgan fingerprint density at radius 2 is 1.79 bits per heavy atom. The summed E-state index contributed by atoms with van der Waals surface area (Å²) >= 11 is 0. The molecule has 2 aromatic rings. The lowest BCUT2D eigenvalue weighted by Gasteiger charge is -2.19. The molecule has 1 aliphatic rings. The van der Waals surface area contributed by atoms with E-state index in [1.54, 1.807) is 18.2 Å². The second kappa shape index (κ2) is 12.1. The first-order valence-electron chi connectivity index (χ1n) is 11.6. The van der Waals surface area contributed by atoms with Gasteiger partial charge in [0.05, 0.1) is 24.7 Å². The molecule has 2 N–H and O–H groups in total. The standard InChI is InChI=1S/C25H33N3O5S/c1-4-18(3)23(27-24-21-11-6-7-12-22(21)34(30,31)28-24)25(29)26-16-19-9-8-10-20(15-19)17-33-14-13-32-5-2/h6-12,15,18,23H,4-5,13-14,16-17H2,1-3H3,(H,26,29)(H,27,28)/t18-,23-/m0/s1. The summed E-state index contributed by atoms with van der Waals surface area (Å²) in [5.74, 6) is -0.110. The molecule has 0 spiro atoms. The number of nitrogens with zero attached hydrogens (tertiary/aromatic N) is 1. The molecule has 1 amide bonds. The minimum atomic E-state index is -3.66. The Balaban J connectivity index is 1.67. The van der Waals surface area contributed by atoms with Crippen molar-refractivity contribution < 1.29 is 22.7 Å². The number of fused-ring (bicyclic) bond motifs is 1. The molecule has 0 aliphatic carbocycles. The van der Waals surface area contributed by atoms with Gasteiger partial charge in [0.1, 0.15) is 11.9 Å². The Morgan fingerprint density at radius 3 is 2.56 bits per heavy atom. The van der Waals surface area contributed by atoms with E-state index in [-0.39, 0.29) is 22.6 Å². The van der Waals surface area contributed by atoms with E-state index in [1.165, 1.54) is 6.07 Å². The molecule has 1 heterocycles. The molecule has 0 bridgehead atoms. The van der Waals surface area contributed by atoms with E-state index in [1.807, 2.05) is 45.0 Å². The number of nitrogens with one attached hydrogen (secondary N) is 2. The molecule has 0 fully saturated rings. The largest absolute Gasteiger partial charge is 0.379 e. The number of hydrogen-bond acceptors (Lipinski definition) is 6. The van der Waals surface area contributed by atoms with Crippen LogP contribution in [0.3, 0.4) is 0 Å². The molecule has 3 rings (SSSR count). The third kappa shape index (κ3) is 6.65. The van der Waals surface area contributed by atoms with Crippen molar-refractivity contribution in [1.82, 2.24) is 10.0 Å². The first-order valence-corrected chi connectivity index (χ1v) is 13.0. The lowest BCUT2D eigenvalue weighted by Crippen LogP contribution is -2.38. The second-order valence-corrected chi connectivity index (χ2v) is 9.85. The summed E-state index contributed by atoms with van der Waals surface area (Å²) in [5, 5.41) is 2.96. The van der Waals surface area contributed by atoms with Crippen molar-refractivity contribution in [3.8, 4) is 0 Å². The van der Waals surface area contributed by atoms with Crippen LogP contribution in [0, 0.1) is 5.92 Å². The number of ether oxygens (including phenoxy) is 2. The van der Waals surface area contributed by atoms with Gasteiger partial charge in [0.2, 0.25) is 5.91 Å². The molecular formula is C25H33N3O5S. The third-order valence-corrected chi connectivity index (χ3v) is 7.08. The second-order valence-electron chi connectivity index (χ2n) is 8.20. The Morgan fingerprint density at radius 1 is 1.06 bits per heavy atom. The fourth-order valence-corrected chi connectivity index (χ4v) is 4.85. The van der Waals surface area contributed by atoms with Crippen LogP contribution >= 0.6 is 0 Å². The molecule has 1 aliphatic heterocycles. The average molecular weight is 488 g/mol. The van der Waals surface area contributed by atoms with Crippen LogP contribution in [0.15, 0.2) is 58.4 Å². The SMILES string of the molecule is CCOCCOCc1cccc(CNC(=O)[C@@H](N=C2NS(=O)(=O)c3ccccc32)[C@@H](C)CC)c1. The van der Waals surface area contributed by atoms with Gasteiger partial charge in [-0.15, -0.1) is 0 Å². The van der Waals surface area contributed by atoms with Gasteiger partial charge in [-0.1, -0.05) is 56.7 Å². The summed E-state index contributed by atoms with van der Waals surface area (Å²) in [6.07, 6.45) is 0.720. The average Bonchev–Trinajstić information content (AvgIpc) is 3.10. The van der Waals surface area contributed by atoms with Gasteiger partial charge in [0.25, 0.3) is 10.0 Å². The molecule has 34 heavy (non-hydrogen) atoms. The molecule has 184 valence electrons. The summed E-state index contributed by atoms with van der Waals surface area (Å²) in [7, 11) is -3.66. The Kier molecular flexibility index (Phi) is 9.20. The fourth-order valence-electron chi connectivity index (χ4n) is 3.61. The van der Waals surface area contributed by atoms with E-state index in [0.717, 1.165) is 17.5 Å². The maximum absolute atomic E-state index is 13.1. The van der Waals surface area contributed by atoms with Crippen molar-refractivity contribution in [2.24, 2.45) is 10.9 Å². The zero-order valence-electron chi connectivity index (χ0n) is 19.9. The highest BCUT2D eigenvalue weighted by molar-refractivity contribution is 7.90. The van der Waals surface area contributed by atoms with Crippen molar-refractivity contribution in [3.05, 3.63) is 65.2 Å². The van der Waals surface area contributed by atoms with Gasteiger partial charge in [-0.05, 0) is 36.1 Å². The van der Waals surface area contributed by atoms with Gasteiger partial charge in [0.15, 0.2) is 0 Å². The number of amidine groups is 1. The highest BCUT2D eigenvalue weighted by atomic mass is 32.2.